The molecule has 2 aromatic carbocycles. The van der Waals surface area contributed by atoms with Gasteiger partial charge < -0.3 is 14.5 Å². The average Bonchev–Trinajstić information content (AvgIpc) is 2.84. The van der Waals surface area contributed by atoms with E-state index in [0.29, 0.717) is 31.0 Å². The molecule has 0 aromatic heterocycles. The first-order valence-electron chi connectivity index (χ1n) is 11.3. The molecular weight excluding hydrogens is 414 g/mol. The molecule has 2 heterocycles. The average molecular weight is 443 g/mol. The maximum absolute atomic E-state index is 14.0. The van der Waals surface area contributed by atoms with Gasteiger partial charge in [0.1, 0.15) is 17.4 Å². The van der Waals surface area contributed by atoms with Crippen LogP contribution in [-0.4, -0.2) is 54.4 Å². The summed E-state index contributed by atoms with van der Waals surface area (Å²) in [6.07, 6.45) is 4.89. The Morgan fingerprint density at radius 2 is 1.69 bits per heavy atom. The van der Waals surface area contributed by atoms with Gasteiger partial charge >= 0.3 is 0 Å². The molecule has 0 aliphatic carbocycles. The normalized spacial score (nSPS) is 19.0. The van der Waals surface area contributed by atoms with Crippen molar-refractivity contribution in [3.05, 3.63) is 65.2 Å². The largest absolute Gasteiger partial charge is 0.493 e. The predicted octanol–water partition coefficient (Wildman–Crippen LogP) is 4.52. The first-order chi connectivity index (χ1) is 15.5. The van der Waals surface area contributed by atoms with Crippen LogP contribution in [0.25, 0.3) is 0 Å². The molecular formula is C25H28F2N2O3. The number of piperidine rings is 2. The molecule has 2 aliphatic rings. The molecule has 0 unspecified atom stereocenters. The molecule has 5 nitrogen and oxygen atoms in total. The third kappa shape index (κ3) is 5.26. The second-order valence-electron chi connectivity index (χ2n) is 8.58. The number of rotatable bonds is 5. The van der Waals surface area contributed by atoms with Gasteiger partial charge in [-0.3, -0.25) is 9.59 Å². The minimum absolute atomic E-state index is 0.0294. The Labute approximate surface area is 187 Å². The number of amides is 2. The van der Waals surface area contributed by atoms with Crippen LogP contribution in [-0.2, 0) is 0 Å². The topological polar surface area (TPSA) is 49.9 Å². The van der Waals surface area contributed by atoms with Gasteiger partial charge in [-0.2, -0.15) is 0 Å². The lowest BCUT2D eigenvalue weighted by Crippen LogP contribution is -2.42. The second kappa shape index (κ2) is 10.1. The van der Waals surface area contributed by atoms with E-state index in [1.54, 1.807) is 17.0 Å². The summed E-state index contributed by atoms with van der Waals surface area (Å²) in [5.41, 5.74) is 0.377. The fraction of sp³-hybridized carbons (Fsp3) is 0.440. The molecule has 2 aliphatic heterocycles. The summed E-state index contributed by atoms with van der Waals surface area (Å²) < 4.78 is 33.5. The van der Waals surface area contributed by atoms with Crippen LogP contribution in [0.3, 0.4) is 0 Å². The highest BCUT2D eigenvalue weighted by atomic mass is 19.1. The van der Waals surface area contributed by atoms with E-state index in [4.69, 9.17) is 4.74 Å². The number of halogens is 2. The zero-order valence-electron chi connectivity index (χ0n) is 18.1. The van der Waals surface area contributed by atoms with Crippen molar-refractivity contribution in [2.45, 2.75) is 32.1 Å². The van der Waals surface area contributed by atoms with Crippen LogP contribution in [0.1, 0.15) is 52.8 Å². The Kier molecular flexibility index (Phi) is 7.02. The molecule has 4 rings (SSSR count). The SMILES string of the molecule is O=C(c1cccc(OC[C@@H]2CCCN(C(=O)c3cc(F)ccc3F)C2)c1)N1CCCCC1. The van der Waals surface area contributed by atoms with Crippen molar-refractivity contribution in [1.82, 2.24) is 9.80 Å². The first-order valence-corrected chi connectivity index (χ1v) is 11.3. The Morgan fingerprint density at radius 1 is 0.906 bits per heavy atom. The Hall–Kier alpha value is -2.96. The molecule has 0 N–H and O–H groups in total. The van der Waals surface area contributed by atoms with Gasteiger partial charge in [0.2, 0.25) is 0 Å². The number of hydrogen-bond acceptors (Lipinski definition) is 3. The van der Waals surface area contributed by atoms with Crippen molar-refractivity contribution < 1.29 is 23.1 Å². The van der Waals surface area contributed by atoms with E-state index >= 15 is 0 Å². The number of likely N-dealkylation sites (tertiary alicyclic amines) is 2. The molecule has 7 heteroatoms. The number of nitrogens with zero attached hydrogens (tertiary/aromatic N) is 2. The first kappa shape index (κ1) is 22.2. The van der Waals surface area contributed by atoms with Gasteiger partial charge in [0, 0.05) is 37.7 Å². The van der Waals surface area contributed by atoms with Crippen molar-refractivity contribution in [3.8, 4) is 5.75 Å². The summed E-state index contributed by atoms with van der Waals surface area (Å²) in [7, 11) is 0. The molecule has 0 spiro atoms. The second-order valence-corrected chi connectivity index (χ2v) is 8.58. The fourth-order valence-corrected chi connectivity index (χ4v) is 4.43. The van der Waals surface area contributed by atoms with E-state index in [9.17, 15) is 18.4 Å². The lowest BCUT2D eigenvalue weighted by Gasteiger charge is -2.32. The molecule has 2 fully saturated rings. The lowest BCUT2D eigenvalue weighted by molar-refractivity contribution is 0.0626. The minimum Gasteiger partial charge on any atom is -0.493 e. The van der Waals surface area contributed by atoms with Crippen molar-refractivity contribution in [2.24, 2.45) is 5.92 Å². The summed E-state index contributed by atoms with van der Waals surface area (Å²) in [5.74, 6) is -1.13. The van der Waals surface area contributed by atoms with E-state index < -0.39 is 17.5 Å². The third-order valence-electron chi connectivity index (χ3n) is 6.17. The molecule has 1 atom stereocenters. The van der Waals surface area contributed by atoms with Gasteiger partial charge in [0.05, 0.1) is 12.2 Å². The van der Waals surface area contributed by atoms with E-state index in [1.165, 1.54) is 6.42 Å². The fourth-order valence-electron chi connectivity index (χ4n) is 4.43. The Balaban J connectivity index is 1.35. The molecule has 0 bridgehead atoms. The minimum atomic E-state index is -0.718. The highest BCUT2D eigenvalue weighted by Crippen LogP contribution is 2.23. The van der Waals surface area contributed by atoms with Crippen molar-refractivity contribution in [2.75, 3.05) is 32.8 Å². The van der Waals surface area contributed by atoms with Gasteiger partial charge in [-0.15, -0.1) is 0 Å². The summed E-state index contributed by atoms with van der Waals surface area (Å²) in [4.78, 5) is 28.9. The van der Waals surface area contributed by atoms with Gasteiger partial charge in [-0.1, -0.05) is 6.07 Å². The van der Waals surface area contributed by atoms with Gasteiger partial charge in [-0.25, -0.2) is 8.78 Å². The maximum atomic E-state index is 14.0. The molecule has 32 heavy (non-hydrogen) atoms. The van der Waals surface area contributed by atoms with Crippen LogP contribution >= 0.6 is 0 Å². The molecule has 2 amide bonds. The van der Waals surface area contributed by atoms with E-state index in [1.807, 2.05) is 17.0 Å². The van der Waals surface area contributed by atoms with E-state index in [-0.39, 0.29) is 17.4 Å². The Morgan fingerprint density at radius 3 is 2.50 bits per heavy atom. The van der Waals surface area contributed by atoms with Gasteiger partial charge in [0.25, 0.3) is 11.8 Å². The quantitative estimate of drug-likeness (QED) is 0.684. The number of carbonyl (C=O) groups is 2. The molecule has 0 radical (unpaired) electrons. The summed E-state index contributed by atoms with van der Waals surface area (Å²) in [6, 6.07) is 10.1. The van der Waals surface area contributed by atoms with Crippen molar-refractivity contribution in [3.63, 3.8) is 0 Å². The van der Waals surface area contributed by atoms with E-state index in [0.717, 1.165) is 57.0 Å². The standard InChI is InChI=1S/C25H28F2N2O3/c26-20-9-10-23(27)22(15-20)25(31)29-13-5-6-18(16-29)17-32-21-8-4-7-19(14-21)24(30)28-11-2-1-3-12-28/h4,7-10,14-15,18H,1-3,5-6,11-13,16-17H2/t18-/m1/s1. The molecule has 2 saturated heterocycles. The number of benzene rings is 2. The maximum Gasteiger partial charge on any atom is 0.256 e. The van der Waals surface area contributed by atoms with Crippen LogP contribution < -0.4 is 4.74 Å². The molecule has 2 aromatic rings. The number of ether oxygens (including phenoxy) is 1. The van der Waals surface area contributed by atoms with E-state index in [2.05, 4.69) is 0 Å². The van der Waals surface area contributed by atoms with Gasteiger partial charge in [0.15, 0.2) is 0 Å². The third-order valence-corrected chi connectivity index (χ3v) is 6.17. The molecule has 0 saturated carbocycles. The van der Waals surface area contributed by atoms with Crippen LogP contribution in [0.15, 0.2) is 42.5 Å². The number of carbonyl (C=O) groups excluding carboxylic acids is 2. The van der Waals surface area contributed by atoms with Gasteiger partial charge in [-0.05, 0) is 68.5 Å². The number of hydrogen-bond donors (Lipinski definition) is 0. The predicted molar refractivity (Wildman–Crippen MR) is 117 cm³/mol. The molecule has 170 valence electrons. The highest BCUT2D eigenvalue weighted by Gasteiger charge is 2.27. The van der Waals surface area contributed by atoms with Crippen LogP contribution in [0.2, 0.25) is 0 Å². The summed E-state index contributed by atoms with van der Waals surface area (Å²) in [5, 5.41) is 0. The van der Waals surface area contributed by atoms with Crippen molar-refractivity contribution in [1.29, 1.82) is 0 Å². The van der Waals surface area contributed by atoms with Crippen LogP contribution in [0.5, 0.6) is 5.75 Å². The zero-order valence-corrected chi connectivity index (χ0v) is 18.1. The summed E-state index contributed by atoms with van der Waals surface area (Å²) in [6.45, 7) is 2.90. The Bertz CT molecular complexity index is 975. The zero-order chi connectivity index (χ0) is 22.5. The van der Waals surface area contributed by atoms with Crippen LogP contribution in [0, 0.1) is 17.6 Å². The summed E-state index contributed by atoms with van der Waals surface area (Å²) >= 11 is 0. The smallest absolute Gasteiger partial charge is 0.256 e. The van der Waals surface area contributed by atoms with Crippen LogP contribution in [0.4, 0.5) is 8.78 Å². The van der Waals surface area contributed by atoms with Crippen molar-refractivity contribution >= 4 is 11.8 Å². The monoisotopic (exact) mass is 442 g/mol. The highest BCUT2D eigenvalue weighted by molar-refractivity contribution is 5.95. The lowest BCUT2D eigenvalue weighted by atomic mass is 9.98.